The summed E-state index contributed by atoms with van der Waals surface area (Å²) in [6, 6.07) is 13.7. The van der Waals surface area contributed by atoms with Gasteiger partial charge in [0, 0.05) is 19.3 Å². The van der Waals surface area contributed by atoms with Crippen molar-refractivity contribution in [3.8, 4) is 0 Å². The maximum atomic E-state index is 10.0. The molecule has 0 fully saturated rings. The van der Waals surface area contributed by atoms with Gasteiger partial charge < -0.3 is 10.4 Å². The van der Waals surface area contributed by atoms with Crippen molar-refractivity contribution in [3.05, 3.63) is 65.5 Å². The number of hydrogen-bond donors (Lipinski definition) is 2. The highest BCUT2D eigenvalue weighted by atomic mass is 16.3. The minimum Gasteiger partial charge on any atom is -0.387 e. The second kappa shape index (κ2) is 7.02. The van der Waals surface area contributed by atoms with Crippen LogP contribution in [0.15, 0.2) is 48.7 Å². The highest BCUT2D eigenvalue weighted by Crippen LogP contribution is 2.11. The molecule has 0 saturated heterocycles. The van der Waals surface area contributed by atoms with Gasteiger partial charge in [0.25, 0.3) is 0 Å². The average Bonchev–Trinajstić information content (AvgIpc) is 2.48. The number of aliphatic hydroxyl groups excluding tert-OH is 1. The van der Waals surface area contributed by atoms with E-state index in [0.29, 0.717) is 13.1 Å². The Morgan fingerprint density at radius 3 is 2.68 bits per heavy atom. The molecule has 0 radical (unpaired) electrons. The molecule has 1 unspecified atom stereocenters. The molecule has 0 aliphatic rings. The Balaban J connectivity index is 1.87. The van der Waals surface area contributed by atoms with E-state index in [0.717, 1.165) is 17.7 Å². The first kappa shape index (κ1) is 13.7. The summed E-state index contributed by atoms with van der Waals surface area (Å²) >= 11 is 0. The first-order valence-corrected chi connectivity index (χ1v) is 6.67. The van der Waals surface area contributed by atoms with Crippen LogP contribution in [0.25, 0.3) is 0 Å². The fourth-order valence-electron chi connectivity index (χ4n) is 2.07. The number of aromatic nitrogens is 1. The number of pyridine rings is 1. The van der Waals surface area contributed by atoms with Crippen molar-refractivity contribution < 1.29 is 5.11 Å². The minimum absolute atomic E-state index is 0.477. The molecule has 1 heterocycles. The normalized spacial score (nSPS) is 12.3. The summed E-state index contributed by atoms with van der Waals surface area (Å²) in [5, 5.41) is 13.3. The zero-order chi connectivity index (χ0) is 13.5. The van der Waals surface area contributed by atoms with E-state index in [1.807, 2.05) is 42.6 Å². The van der Waals surface area contributed by atoms with E-state index < -0.39 is 6.10 Å². The summed E-state index contributed by atoms with van der Waals surface area (Å²) < 4.78 is 0. The Hall–Kier alpha value is -1.71. The number of nitrogens with one attached hydrogen (secondary N) is 1. The van der Waals surface area contributed by atoms with Crippen molar-refractivity contribution in [1.82, 2.24) is 10.3 Å². The van der Waals surface area contributed by atoms with Gasteiger partial charge in [-0.3, -0.25) is 4.98 Å². The van der Waals surface area contributed by atoms with Crippen molar-refractivity contribution in [2.45, 2.75) is 26.0 Å². The first-order chi connectivity index (χ1) is 9.31. The molecule has 1 aromatic carbocycles. The maximum Gasteiger partial charge on any atom is 0.0914 e. The van der Waals surface area contributed by atoms with Crippen LogP contribution in [0.5, 0.6) is 0 Å². The van der Waals surface area contributed by atoms with E-state index in [1.54, 1.807) is 0 Å². The summed E-state index contributed by atoms with van der Waals surface area (Å²) in [6.45, 7) is 3.34. The van der Waals surface area contributed by atoms with Crippen LogP contribution >= 0.6 is 0 Å². The number of aliphatic hydroxyl groups is 1. The highest BCUT2D eigenvalue weighted by molar-refractivity contribution is 5.20. The Bertz CT molecular complexity index is 499. The van der Waals surface area contributed by atoms with Crippen molar-refractivity contribution in [3.63, 3.8) is 0 Å². The molecule has 2 aromatic rings. The van der Waals surface area contributed by atoms with E-state index in [9.17, 15) is 5.11 Å². The molecule has 0 aliphatic heterocycles. The molecule has 1 atom stereocenters. The Labute approximate surface area is 114 Å². The molecule has 0 amide bonds. The third-order valence-electron chi connectivity index (χ3n) is 3.18. The fraction of sp³-hybridized carbons (Fsp3) is 0.312. The Morgan fingerprint density at radius 1 is 1.16 bits per heavy atom. The van der Waals surface area contributed by atoms with E-state index >= 15 is 0 Å². The zero-order valence-corrected chi connectivity index (χ0v) is 11.2. The fourth-order valence-corrected chi connectivity index (χ4v) is 2.07. The standard InChI is InChI=1S/C16H20N2O/c1-2-13-9-6-10-18-15(13)11-17-12-16(19)14-7-4-3-5-8-14/h3-10,16-17,19H,2,11-12H2,1H3. The molecule has 2 N–H and O–H groups in total. The predicted molar refractivity (Wildman–Crippen MR) is 76.7 cm³/mol. The lowest BCUT2D eigenvalue weighted by Crippen LogP contribution is -2.22. The molecule has 0 saturated carbocycles. The topological polar surface area (TPSA) is 45.2 Å². The van der Waals surface area contributed by atoms with Gasteiger partial charge in [0.2, 0.25) is 0 Å². The predicted octanol–water partition coefficient (Wildman–Crippen LogP) is 2.47. The van der Waals surface area contributed by atoms with Crippen molar-refractivity contribution in [2.75, 3.05) is 6.54 Å². The molecule has 2 rings (SSSR count). The van der Waals surface area contributed by atoms with E-state index in [4.69, 9.17) is 0 Å². The van der Waals surface area contributed by atoms with E-state index in [-0.39, 0.29) is 0 Å². The second-order valence-corrected chi connectivity index (χ2v) is 4.52. The summed E-state index contributed by atoms with van der Waals surface area (Å²) in [5.74, 6) is 0. The molecule has 0 aliphatic carbocycles. The molecule has 3 heteroatoms. The first-order valence-electron chi connectivity index (χ1n) is 6.67. The molecular weight excluding hydrogens is 236 g/mol. The molecular formula is C16H20N2O. The van der Waals surface area contributed by atoms with Crippen LogP contribution in [0.3, 0.4) is 0 Å². The van der Waals surface area contributed by atoms with Gasteiger partial charge in [-0.2, -0.15) is 0 Å². The molecule has 1 aromatic heterocycles. The van der Waals surface area contributed by atoms with Gasteiger partial charge in [-0.15, -0.1) is 0 Å². The number of benzene rings is 1. The van der Waals surface area contributed by atoms with Gasteiger partial charge in [-0.25, -0.2) is 0 Å². The summed E-state index contributed by atoms with van der Waals surface area (Å²) in [4.78, 5) is 4.37. The number of aryl methyl sites for hydroxylation is 1. The van der Waals surface area contributed by atoms with Gasteiger partial charge in [-0.05, 0) is 23.6 Å². The SMILES string of the molecule is CCc1cccnc1CNCC(O)c1ccccc1. The summed E-state index contributed by atoms with van der Waals surface area (Å²) in [6.07, 6.45) is 2.31. The molecule has 0 bridgehead atoms. The largest absolute Gasteiger partial charge is 0.387 e. The zero-order valence-electron chi connectivity index (χ0n) is 11.2. The van der Waals surface area contributed by atoms with Crippen molar-refractivity contribution in [2.24, 2.45) is 0 Å². The minimum atomic E-state index is -0.477. The monoisotopic (exact) mass is 256 g/mol. The molecule has 19 heavy (non-hydrogen) atoms. The second-order valence-electron chi connectivity index (χ2n) is 4.52. The quantitative estimate of drug-likeness (QED) is 0.834. The number of rotatable bonds is 6. The van der Waals surface area contributed by atoms with Gasteiger partial charge in [-0.1, -0.05) is 43.3 Å². The van der Waals surface area contributed by atoms with Gasteiger partial charge in [0.1, 0.15) is 0 Å². The molecule has 0 spiro atoms. The van der Waals surface area contributed by atoms with Crippen molar-refractivity contribution in [1.29, 1.82) is 0 Å². The lowest BCUT2D eigenvalue weighted by atomic mass is 10.1. The van der Waals surface area contributed by atoms with E-state index in [1.165, 1.54) is 5.56 Å². The van der Waals surface area contributed by atoms with Crippen LogP contribution in [0.2, 0.25) is 0 Å². The average molecular weight is 256 g/mol. The van der Waals surface area contributed by atoms with Gasteiger partial charge >= 0.3 is 0 Å². The number of hydrogen-bond acceptors (Lipinski definition) is 3. The summed E-state index contributed by atoms with van der Waals surface area (Å²) in [7, 11) is 0. The highest BCUT2D eigenvalue weighted by Gasteiger charge is 2.07. The molecule has 3 nitrogen and oxygen atoms in total. The lowest BCUT2D eigenvalue weighted by molar-refractivity contribution is 0.174. The van der Waals surface area contributed by atoms with Crippen LogP contribution in [0.4, 0.5) is 0 Å². The van der Waals surface area contributed by atoms with Gasteiger partial charge in [0.15, 0.2) is 0 Å². The lowest BCUT2D eigenvalue weighted by Gasteiger charge is -2.13. The maximum absolute atomic E-state index is 10.0. The Morgan fingerprint density at radius 2 is 1.95 bits per heavy atom. The van der Waals surface area contributed by atoms with Crippen LogP contribution < -0.4 is 5.32 Å². The third-order valence-corrected chi connectivity index (χ3v) is 3.18. The Kier molecular flexibility index (Phi) is 5.07. The van der Waals surface area contributed by atoms with Gasteiger partial charge in [0.05, 0.1) is 11.8 Å². The third kappa shape index (κ3) is 3.88. The molecule has 100 valence electrons. The number of nitrogens with zero attached hydrogens (tertiary/aromatic N) is 1. The summed E-state index contributed by atoms with van der Waals surface area (Å²) in [5.41, 5.74) is 3.25. The van der Waals surface area contributed by atoms with E-state index in [2.05, 4.69) is 23.3 Å². The van der Waals surface area contributed by atoms with Crippen LogP contribution in [-0.4, -0.2) is 16.6 Å². The van der Waals surface area contributed by atoms with Crippen LogP contribution in [0.1, 0.15) is 29.8 Å². The van der Waals surface area contributed by atoms with Crippen LogP contribution in [-0.2, 0) is 13.0 Å². The van der Waals surface area contributed by atoms with Crippen molar-refractivity contribution >= 4 is 0 Å². The van der Waals surface area contributed by atoms with Crippen LogP contribution in [0, 0.1) is 0 Å². The smallest absolute Gasteiger partial charge is 0.0914 e.